The minimum absolute atomic E-state index is 0.0630. The molecule has 2 aromatic heterocycles. The molecule has 21 heavy (non-hydrogen) atoms. The lowest BCUT2D eigenvalue weighted by atomic mass is 10.1. The van der Waals surface area contributed by atoms with E-state index in [9.17, 15) is 4.79 Å². The quantitative estimate of drug-likeness (QED) is 0.760. The fourth-order valence-electron chi connectivity index (χ4n) is 2.18. The number of H-pyrrole nitrogens is 1. The number of rotatable bonds is 5. The predicted molar refractivity (Wildman–Crippen MR) is 85.2 cm³/mol. The lowest BCUT2D eigenvalue weighted by Crippen LogP contribution is -2.25. The predicted octanol–water partition coefficient (Wildman–Crippen LogP) is 3.21. The Hall–Kier alpha value is -2.27. The van der Waals surface area contributed by atoms with Crippen LogP contribution in [0.15, 0.2) is 41.8 Å². The first kappa shape index (κ1) is 13.7. The van der Waals surface area contributed by atoms with Gasteiger partial charge in [0.05, 0.1) is 17.3 Å². The first-order valence-electron chi connectivity index (χ1n) is 6.73. The third kappa shape index (κ3) is 3.08. The van der Waals surface area contributed by atoms with E-state index in [0.717, 1.165) is 22.4 Å². The van der Waals surface area contributed by atoms with E-state index < -0.39 is 0 Å². The van der Waals surface area contributed by atoms with Crippen molar-refractivity contribution >= 4 is 27.5 Å². The van der Waals surface area contributed by atoms with Gasteiger partial charge in [0, 0.05) is 6.54 Å². The molecule has 0 bridgehead atoms. The number of amides is 1. The molecule has 108 valence electrons. The van der Waals surface area contributed by atoms with Crippen LogP contribution >= 0.6 is 11.3 Å². The Balaban J connectivity index is 1.54. The van der Waals surface area contributed by atoms with Crippen LogP contribution in [-0.4, -0.2) is 24.5 Å². The third-order valence-corrected chi connectivity index (χ3v) is 4.21. The standard InChI is InChI=1S/C16H16N2O2S/c1-20-12-4-2-11(3-5-12)6-8-17-16(19)14-10-15-13(18-14)7-9-21-15/h2-5,7,9-10,18H,6,8H2,1H3,(H,17,19). The van der Waals surface area contributed by atoms with Crippen molar-refractivity contribution in [1.29, 1.82) is 0 Å². The average Bonchev–Trinajstić information content (AvgIpc) is 3.09. The summed E-state index contributed by atoms with van der Waals surface area (Å²) < 4.78 is 6.22. The number of ether oxygens (including phenoxy) is 1. The number of aromatic nitrogens is 1. The Kier molecular flexibility index (Phi) is 3.92. The minimum Gasteiger partial charge on any atom is -0.497 e. The fraction of sp³-hybridized carbons (Fsp3) is 0.188. The highest BCUT2D eigenvalue weighted by Gasteiger charge is 2.09. The molecule has 1 amide bonds. The largest absolute Gasteiger partial charge is 0.497 e. The zero-order chi connectivity index (χ0) is 14.7. The molecule has 0 saturated heterocycles. The van der Waals surface area contributed by atoms with E-state index in [0.29, 0.717) is 12.2 Å². The van der Waals surface area contributed by atoms with Gasteiger partial charge in [-0.2, -0.15) is 0 Å². The van der Waals surface area contributed by atoms with Crippen LogP contribution in [0, 0.1) is 0 Å². The van der Waals surface area contributed by atoms with Gasteiger partial charge >= 0.3 is 0 Å². The topological polar surface area (TPSA) is 54.1 Å². The van der Waals surface area contributed by atoms with Gasteiger partial charge in [-0.15, -0.1) is 11.3 Å². The molecule has 0 spiro atoms. The lowest BCUT2D eigenvalue weighted by molar-refractivity contribution is 0.0950. The smallest absolute Gasteiger partial charge is 0.267 e. The second kappa shape index (κ2) is 6.01. The van der Waals surface area contributed by atoms with Gasteiger partial charge in [0.2, 0.25) is 0 Å². The Morgan fingerprint density at radius 2 is 2.10 bits per heavy atom. The molecule has 0 radical (unpaired) electrons. The number of hydrogen-bond donors (Lipinski definition) is 2. The van der Waals surface area contributed by atoms with Crippen molar-refractivity contribution in [2.75, 3.05) is 13.7 Å². The van der Waals surface area contributed by atoms with Gasteiger partial charge in [-0.05, 0) is 41.6 Å². The summed E-state index contributed by atoms with van der Waals surface area (Å²) in [5.74, 6) is 0.779. The van der Waals surface area contributed by atoms with Crippen molar-refractivity contribution in [2.24, 2.45) is 0 Å². The van der Waals surface area contributed by atoms with Crippen molar-refractivity contribution in [3.63, 3.8) is 0 Å². The highest BCUT2D eigenvalue weighted by Crippen LogP contribution is 2.21. The SMILES string of the molecule is COc1ccc(CCNC(=O)c2cc3sccc3[nH]2)cc1. The van der Waals surface area contributed by atoms with Crippen molar-refractivity contribution in [3.8, 4) is 5.75 Å². The monoisotopic (exact) mass is 300 g/mol. The summed E-state index contributed by atoms with van der Waals surface area (Å²) in [7, 11) is 1.65. The van der Waals surface area contributed by atoms with Crippen LogP contribution in [0.3, 0.4) is 0 Å². The van der Waals surface area contributed by atoms with E-state index in [1.54, 1.807) is 18.4 Å². The summed E-state index contributed by atoms with van der Waals surface area (Å²) in [5.41, 5.74) is 2.80. The molecule has 2 heterocycles. The molecule has 3 aromatic rings. The van der Waals surface area contributed by atoms with Crippen molar-refractivity contribution in [2.45, 2.75) is 6.42 Å². The maximum absolute atomic E-state index is 12.0. The van der Waals surface area contributed by atoms with E-state index in [4.69, 9.17) is 4.74 Å². The molecule has 0 unspecified atom stereocenters. The van der Waals surface area contributed by atoms with Crippen LogP contribution in [0.1, 0.15) is 16.1 Å². The van der Waals surface area contributed by atoms with Crippen LogP contribution in [-0.2, 0) is 6.42 Å². The van der Waals surface area contributed by atoms with E-state index in [2.05, 4.69) is 10.3 Å². The number of carbonyl (C=O) groups is 1. The lowest BCUT2D eigenvalue weighted by Gasteiger charge is -2.05. The van der Waals surface area contributed by atoms with Gasteiger partial charge < -0.3 is 15.0 Å². The van der Waals surface area contributed by atoms with Gasteiger partial charge in [0.25, 0.3) is 5.91 Å². The zero-order valence-corrected chi connectivity index (χ0v) is 12.5. The molecule has 2 N–H and O–H groups in total. The highest BCUT2D eigenvalue weighted by atomic mass is 32.1. The molecule has 0 fully saturated rings. The Morgan fingerprint density at radius 1 is 1.29 bits per heavy atom. The van der Waals surface area contributed by atoms with E-state index in [1.165, 1.54) is 5.56 Å². The first-order valence-corrected chi connectivity index (χ1v) is 7.61. The summed E-state index contributed by atoms with van der Waals surface area (Å²) >= 11 is 1.63. The molecule has 0 aliphatic heterocycles. The molecule has 5 heteroatoms. The molecular formula is C16H16N2O2S. The van der Waals surface area contributed by atoms with E-state index >= 15 is 0 Å². The van der Waals surface area contributed by atoms with Crippen LogP contribution < -0.4 is 10.1 Å². The van der Waals surface area contributed by atoms with Crippen molar-refractivity contribution < 1.29 is 9.53 Å². The second-order valence-electron chi connectivity index (χ2n) is 4.74. The summed E-state index contributed by atoms with van der Waals surface area (Å²) in [5, 5.41) is 4.94. The number of carbonyl (C=O) groups excluding carboxylic acids is 1. The third-order valence-electron chi connectivity index (χ3n) is 3.34. The zero-order valence-electron chi connectivity index (χ0n) is 11.7. The molecule has 1 aromatic carbocycles. The van der Waals surface area contributed by atoms with Crippen LogP contribution in [0.25, 0.3) is 10.2 Å². The molecule has 0 atom stereocenters. The summed E-state index contributed by atoms with van der Waals surface area (Å²) in [6.45, 7) is 0.609. The molecule has 4 nitrogen and oxygen atoms in total. The number of fused-ring (bicyclic) bond motifs is 1. The minimum atomic E-state index is -0.0630. The van der Waals surface area contributed by atoms with Crippen molar-refractivity contribution in [1.82, 2.24) is 10.3 Å². The normalized spacial score (nSPS) is 10.7. The van der Waals surface area contributed by atoms with Crippen LogP contribution in [0.4, 0.5) is 0 Å². The molecule has 0 aliphatic rings. The van der Waals surface area contributed by atoms with Gasteiger partial charge in [-0.1, -0.05) is 12.1 Å². The molecule has 3 rings (SSSR count). The summed E-state index contributed by atoms with van der Waals surface area (Å²) in [4.78, 5) is 15.2. The highest BCUT2D eigenvalue weighted by molar-refractivity contribution is 7.17. The van der Waals surface area contributed by atoms with E-state index in [-0.39, 0.29) is 5.91 Å². The number of hydrogen-bond acceptors (Lipinski definition) is 3. The van der Waals surface area contributed by atoms with Crippen LogP contribution in [0.2, 0.25) is 0 Å². The van der Waals surface area contributed by atoms with Gasteiger partial charge in [-0.25, -0.2) is 0 Å². The Morgan fingerprint density at radius 3 is 2.81 bits per heavy atom. The van der Waals surface area contributed by atoms with E-state index in [1.807, 2.05) is 41.8 Å². The molecule has 0 aliphatic carbocycles. The maximum Gasteiger partial charge on any atom is 0.267 e. The van der Waals surface area contributed by atoms with Crippen LogP contribution in [0.5, 0.6) is 5.75 Å². The number of nitrogens with one attached hydrogen (secondary N) is 2. The first-order chi connectivity index (χ1) is 10.3. The maximum atomic E-state index is 12.0. The average molecular weight is 300 g/mol. The Bertz CT molecular complexity index is 715. The van der Waals surface area contributed by atoms with Crippen molar-refractivity contribution in [3.05, 3.63) is 53.0 Å². The fourth-order valence-corrected chi connectivity index (χ4v) is 2.96. The van der Waals surface area contributed by atoms with Gasteiger partial charge in [0.1, 0.15) is 11.4 Å². The van der Waals surface area contributed by atoms with Gasteiger partial charge in [0.15, 0.2) is 0 Å². The summed E-state index contributed by atoms with van der Waals surface area (Å²) in [6, 6.07) is 11.7. The number of methoxy groups -OCH3 is 1. The summed E-state index contributed by atoms with van der Waals surface area (Å²) in [6.07, 6.45) is 0.796. The number of benzene rings is 1. The Labute approximate surface area is 126 Å². The number of thiophene rings is 1. The van der Waals surface area contributed by atoms with Gasteiger partial charge in [-0.3, -0.25) is 4.79 Å². The molecule has 0 saturated carbocycles. The molecular weight excluding hydrogens is 284 g/mol. The number of aromatic amines is 1. The second-order valence-corrected chi connectivity index (χ2v) is 5.68.